The molecule has 0 aliphatic rings. The standard InChI is InChI=1S/C12H16N4/c1-4-11-14-12(16(3)15-11)9-7-8(2)5-6-10(9)13/h5-7H,4,13H2,1-3H3. The molecule has 84 valence electrons. The number of nitrogens with zero attached hydrogens (tertiary/aromatic N) is 3. The number of hydrogen-bond acceptors (Lipinski definition) is 3. The Morgan fingerprint density at radius 3 is 2.75 bits per heavy atom. The van der Waals surface area contributed by atoms with Gasteiger partial charge in [-0.25, -0.2) is 9.67 Å². The second kappa shape index (κ2) is 3.96. The van der Waals surface area contributed by atoms with Gasteiger partial charge < -0.3 is 5.73 Å². The number of hydrogen-bond donors (Lipinski definition) is 1. The first-order valence-electron chi connectivity index (χ1n) is 5.38. The van der Waals surface area contributed by atoms with Gasteiger partial charge in [0.15, 0.2) is 11.6 Å². The van der Waals surface area contributed by atoms with Crippen LogP contribution in [0.15, 0.2) is 18.2 Å². The van der Waals surface area contributed by atoms with Crippen molar-refractivity contribution in [2.45, 2.75) is 20.3 Å². The van der Waals surface area contributed by atoms with E-state index in [0.29, 0.717) is 0 Å². The highest BCUT2D eigenvalue weighted by molar-refractivity contribution is 5.72. The lowest BCUT2D eigenvalue weighted by molar-refractivity contribution is 0.753. The van der Waals surface area contributed by atoms with Crippen molar-refractivity contribution in [2.24, 2.45) is 7.05 Å². The smallest absolute Gasteiger partial charge is 0.160 e. The molecule has 2 aromatic rings. The molecule has 0 saturated heterocycles. The SMILES string of the molecule is CCc1nc(-c2cc(C)ccc2N)n(C)n1. The minimum atomic E-state index is 0.740. The molecule has 2 N–H and O–H groups in total. The second-order valence-corrected chi connectivity index (χ2v) is 3.92. The molecule has 0 fully saturated rings. The average molecular weight is 216 g/mol. The molecule has 0 saturated carbocycles. The van der Waals surface area contributed by atoms with Crippen LogP contribution in [0.25, 0.3) is 11.4 Å². The van der Waals surface area contributed by atoms with Gasteiger partial charge >= 0.3 is 0 Å². The van der Waals surface area contributed by atoms with Crippen LogP contribution in [-0.2, 0) is 13.5 Å². The largest absolute Gasteiger partial charge is 0.398 e. The summed E-state index contributed by atoms with van der Waals surface area (Å²) < 4.78 is 1.78. The van der Waals surface area contributed by atoms with Crippen LogP contribution in [0, 0.1) is 6.92 Å². The Morgan fingerprint density at radius 1 is 1.38 bits per heavy atom. The van der Waals surface area contributed by atoms with E-state index in [0.717, 1.165) is 29.3 Å². The van der Waals surface area contributed by atoms with Gasteiger partial charge in [0.1, 0.15) is 0 Å². The summed E-state index contributed by atoms with van der Waals surface area (Å²) >= 11 is 0. The first-order chi connectivity index (χ1) is 7.61. The van der Waals surface area contributed by atoms with E-state index in [1.807, 2.05) is 39.1 Å². The molecule has 0 unspecified atom stereocenters. The quantitative estimate of drug-likeness (QED) is 0.780. The molecule has 0 radical (unpaired) electrons. The van der Waals surface area contributed by atoms with Crippen LogP contribution in [-0.4, -0.2) is 14.8 Å². The van der Waals surface area contributed by atoms with Gasteiger partial charge in [0.2, 0.25) is 0 Å². The van der Waals surface area contributed by atoms with Gasteiger partial charge in [0, 0.05) is 24.7 Å². The highest BCUT2D eigenvalue weighted by Gasteiger charge is 2.11. The third-order valence-electron chi connectivity index (χ3n) is 2.57. The minimum absolute atomic E-state index is 0.740. The van der Waals surface area contributed by atoms with Crippen LogP contribution < -0.4 is 5.73 Å². The maximum Gasteiger partial charge on any atom is 0.160 e. The van der Waals surface area contributed by atoms with E-state index >= 15 is 0 Å². The molecule has 0 amide bonds. The number of anilines is 1. The Bertz CT molecular complexity index is 514. The van der Waals surface area contributed by atoms with Gasteiger partial charge in [0.25, 0.3) is 0 Å². The van der Waals surface area contributed by atoms with E-state index in [9.17, 15) is 0 Å². The van der Waals surface area contributed by atoms with Crippen molar-refractivity contribution in [3.63, 3.8) is 0 Å². The fraction of sp³-hybridized carbons (Fsp3) is 0.333. The first kappa shape index (κ1) is 10.7. The zero-order valence-electron chi connectivity index (χ0n) is 9.86. The van der Waals surface area contributed by atoms with Crippen LogP contribution >= 0.6 is 0 Å². The van der Waals surface area contributed by atoms with Crippen molar-refractivity contribution < 1.29 is 0 Å². The number of nitrogen functional groups attached to an aromatic ring is 1. The molecule has 0 aliphatic carbocycles. The molecule has 1 aromatic carbocycles. The molecular formula is C12H16N4. The highest BCUT2D eigenvalue weighted by atomic mass is 15.3. The summed E-state index contributed by atoms with van der Waals surface area (Å²) in [6, 6.07) is 5.94. The highest BCUT2D eigenvalue weighted by Crippen LogP contribution is 2.24. The summed E-state index contributed by atoms with van der Waals surface area (Å²) in [6.45, 7) is 4.08. The predicted octanol–water partition coefficient (Wildman–Crippen LogP) is 1.94. The van der Waals surface area contributed by atoms with Crippen molar-refractivity contribution in [3.05, 3.63) is 29.6 Å². The lowest BCUT2D eigenvalue weighted by atomic mass is 10.1. The van der Waals surface area contributed by atoms with Crippen LogP contribution in [0.4, 0.5) is 5.69 Å². The number of aromatic nitrogens is 3. The Hall–Kier alpha value is -1.84. The third kappa shape index (κ3) is 1.78. The number of rotatable bonds is 2. The topological polar surface area (TPSA) is 56.7 Å². The van der Waals surface area contributed by atoms with Gasteiger partial charge in [-0.2, -0.15) is 5.10 Å². The molecule has 4 nitrogen and oxygen atoms in total. The van der Waals surface area contributed by atoms with E-state index in [2.05, 4.69) is 10.1 Å². The van der Waals surface area contributed by atoms with Crippen molar-refractivity contribution in [1.82, 2.24) is 14.8 Å². The fourth-order valence-corrected chi connectivity index (χ4v) is 1.69. The summed E-state index contributed by atoms with van der Waals surface area (Å²) in [5.41, 5.74) is 8.82. The molecule has 16 heavy (non-hydrogen) atoms. The number of nitrogens with two attached hydrogens (primary N) is 1. The van der Waals surface area contributed by atoms with Crippen molar-refractivity contribution >= 4 is 5.69 Å². The Morgan fingerprint density at radius 2 is 2.12 bits per heavy atom. The van der Waals surface area contributed by atoms with E-state index in [-0.39, 0.29) is 0 Å². The molecule has 0 spiro atoms. The van der Waals surface area contributed by atoms with Crippen molar-refractivity contribution in [3.8, 4) is 11.4 Å². The zero-order valence-corrected chi connectivity index (χ0v) is 9.86. The van der Waals surface area contributed by atoms with Gasteiger partial charge in [-0.3, -0.25) is 0 Å². The fourth-order valence-electron chi connectivity index (χ4n) is 1.69. The molecule has 0 aliphatic heterocycles. The van der Waals surface area contributed by atoms with Crippen molar-refractivity contribution in [1.29, 1.82) is 0 Å². The van der Waals surface area contributed by atoms with Gasteiger partial charge in [-0.05, 0) is 19.1 Å². The van der Waals surface area contributed by atoms with Gasteiger partial charge in [-0.15, -0.1) is 0 Å². The number of aryl methyl sites for hydroxylation is 3. The molecule has 1 heterocycles. The zero-order chi connectivity index (χ0) is 11.7. The molecule has 1 aromatic heterocycles. The van der Waals surface area contributed by atoms with Gasteiger partial charge in [-0.1, -0.05) is 18.6 Å². The first-order valence-corrected chi connectivity index (χ1v) is 5.38. The molecular weight excluding hydrogens is 200 g/mol. The Labute approximate surface area is 95.1 Å². The van der Waals surface area contributed by atoms with Crippen LogP contribution in [0.3, 0.4) is 0 Å². The summed E-state index contributed by atoms with van der Waals surface area (Å²) in [7, 11) is 1.89. The number of benzene rings is 1. The molecule has 0 atom stereocenters. The second-order valence-electron chi connectivity index (χ2n) is 3.92. The minimum Gasteiger partial charge on any atom is -0.398 e. The van der Waals surface area contributed by atoms with E-state index in [1.54, 1.807) is 4.68 Å². The normalized spacial score (nSPS) is 10.7. The van der Waals surface area contributed by atoms with Crippen LogP contribution in [0.1, 0.15) is 18.3 Å². The van der Waals surface area contributed by atoms with E-state index in [4.69, 9.17) is 5.73 Å². The average Bonchev–Trinajstić information content (AvgIpc) is 2.63. The van der Waals surface area contributed by atoms with Crippen LogP contribution in [0.5, 0.6) is 0 Å². The van der Waals surface area contributed by atoms with Crippen LogP contribution in [0.2, 0.25) is 0 Å². The summed E-state index contributed by atoms with van der Waals surface area (Å²) in [6.07, 6.45) is 0.833. The molecule has 4 heteroatoms. The maximum atomic E-state index is 5.96. The molecule has 0 bridgehead atoms. The summed E-state index contributed by atoms with van der Waals surface area (Å²) in [5, 5.41) is 4.33. The van der Waals surface area contributed by atoms with E-state index < -0.39 is 0 Å². The maximum absolute atomic E-state index is 5.96. The predicted molar refractivity (Wildman–Crippen MR) is 65.0 cm³/mol. The lowest BCUT2D eigenvalue weighted by Gasteiger charge is -2.05. The van der Waals surface area contributed by atoms with Gasteiger partial charge in [0.05, 0.1) is 0 Å². The Kier molecular flexibility index (Phi) is 2.64. The summed E-state index contributed by atoms with van der Waals surface area (Å²) in [5.74, 6) is 1.68. The third-order valence-corrected chi connectivity index (χ3v) is 2.57. The Balaban J connectivity index is 2.57. The van der Waals surface area contributed by atoms with Crippen molar-refractivity contribution in [2.75, 3.05) is 5.73 Å². The summed E-state index contributed by atoms with van der Waals surface area (Å²) in [4.78, 5) is 4.47. The van der Waals surface area contributed by atoms with E-state index in [1.165, 1.54) is 5.56 Å². The monoisotopic (exact) mass is 216 g/mol. The molecule has 2 rings (SSSR count). The lowest BCUT2D eigenvalue weighted by Crippen LogP contribution is -1.98.